The molecule has 0 aromatic carbocycles. The Morgan fingerprint density at radius 1 is 0.256 bits per heavy atom. The zero-order chi connectivity index (χ0) is 59.2. The van der Waals surface area contributed by atoms with Gasteiger partial charge in [0.25, 0.3) is 0 Å². The summed E-state index contributed by atoms with van der Waals surface area (Å²) < 4.78 is 16.9. The molecule has 0 aliphatic carbocycles. The van der Waals surface area contributed by atoms with E-state index in [0.29, 0.717) is 19.3 Å². The second-order valence-corrected chi connectivity index (χ2v) is 24.5. The van der Waals surface area contributed by atoms with Crippen molar-refractivity contribution in [2.75, 3.05) is 13.2 Å². The first-order valence-electron chi connectivity index (χ1n) is 36.3. The highest BCUT2D eigenvalue weighted by Gasteiger charge is 2.19. The van der Waals surface area contributed by atoms with Gasteiger partial charge in [0, 0.05) is 19.3 Å². The van der Waals surface area contributed by atoms with Crippen molar-refractivity contribution >= 4 is 17.9 Å². The van der Waals surface area contributed by atoms with Crippen LogP contribution in [0.15, 0.2) is 60.8 Å². The Morgan fingerprint density at radius 3 is 0.817 bits per heavy atom. The van der Waals surface area contributed by atoms with Gasteiger partial charge in [0.05, 0.1) is 0 Å². The molecule has 0 aliphatic heterocycles. The molecular formula is C76H138O6. The number of ether oxygens (including phenoxy) is 3. The molecule has 6 nitrogen and oxygen atoms in total. The minimum absolute atomic E-state index is 0.0915. The largest absolute Gasteiger partial charge is 0.462 e. The number of hydrogen-bond acceptors (Lipinski definition) is 6. The average molecular weight is 1150 g/mol. The lowest BCUT2D eigenvalue weighted by Gasteiger charge is -2.18. The first kappa shape index (κ1) is 79.1. The van der Waals surface area contributed by atoms with Gasteiger partial charge >= 0.3 is 17.9 Å². The van der Waals surface area contributed by atoms with Gasteiger partial charge in [-0.25, -0.2) is 0 Å². The fourth-order valence-electron chi connectivity index (χ4n) is 10.9. The number of carbonyl (C=O) groups excluding carboxylic acids is 3. The SMILES string of the molecule is CC/C=C\C/C=C\C/C=C\C/C=C\CCC(=O)OCC(COC(=O)CCCCCCCCCCCCCCCCCCC/C=C\CCCCCCCCCC)OC(=O)CCCCCCCCCCCCCCCCCCCCCCCC. The van der Waals surface area contributed by atoms with Crippen molar-refractivity contribution in [3.8, 4) is 0 Å². The quantitative estimate of drug-likeness (QED) is 0.0261. The molecule has 478 valence electrons. The van der Waals surface area contributed by atoms with E-state index in [9.17, 15) is 14.4 Å². The van der Waals surface area contributed by atoms with Crippen molar-refractivity contribution < 1.29 is 28.6 Å². The third-order valence-electron chi connectivity index (χ3n) is 16.3. The maximum absolute atomic E-state index is 12.9. The van der Waals surface area contributed by atoms with E-state index >= 15 is 0 Å². The first-order chi connectivity index (χ1) is 40.5. The zero-order valence-corrected chi connectivity index (χ0v) is 55.0. The number of rotatable bonds is 67. The summed E-state index contributed by atoms with van der Waals surface area (Å²) in [7, 11) is 0. The molecular weight excluding hydrogens is 1010 g/mol. The Morgan fingerprint density at radius 2 is 0.500 bits per heavy atom. The van der Waals surface area contributed by atoms with Crippen molar-refractivity contribution in [3.05, 3.63) is 60.8 Å². The molecule has 0 heterocycles. The summed E-state index contributed by atoms with van der Waals surface area (Å²) in [6, 6.07) is 0. The van der Waals surface area contributed by atoms with E-state index in [1.807, 2.05) is 6.08 Å². The number of esters is 3. The molecule has 0 rings (SSSR count). The van der Waals surface area contributed by atoms with Crippen molar-refractivity contribution in [2.24, 2.45) is 0 Å². The van der Waals surface area contributed by atoms with Crippen molar-refractivity contribution in [2.45, 2.75) is 393 Å². The molecule has 0 aromatic heterocycles. The normalized spacial score (nSPS) is 12.4. The van der Waals surface area contributed by atoms with Gasteiger partial charge in [-0.3, -0.25) is 14.4 Å². The lowest BCUT2D eigenvalue weighted by molar-refractivity contribution is -0.166. The summed E-state index contributed by atoms with van der Waals surface area (Å²) in [6.07, 6.45) is 91.5. The fraction of sp³-hybridized carbons (Fsp3) is 0.829. The molecule has 0 fully saturated rings. The highest BCUT2D eigenvalue weighted by atomic mass is 16.6. The second-order valence-electron chi connectivity index (χ2n) is 24.5. The maximum atomic E-state index is 12.9. The molecule has 0 radical (unpaired) electrons. The second kappa shape index (κ2) is 70.6. The first-order valence-corrected chi connectivity index (χ1v) is 36.3. The summed E-state index contributed by atoms with van der Waals surface area (Å²) in [5, 5.41) is 0. The molecule has 0 saturated heterocycles. The van der Waals surface area contributed by atoms with Gasteiger partial charge < -0.3 is 14.2 Å². The molecule has 0 N–H and O–H groups in total. The Bertz CT molecular complexity index is 1460. The third-order valence-corrected chi connectivity index (χ3v) is 16.3. The number of allylic oxidation sites excluding steroid dienone is 10. The van der Waals surface area contributed by atoms with Gasteiger partial charge in [-0.2, -0.15) is 0 Å². The van der Waals surface area contributed by atoms with E-state index in [2.05, 4.69) is 75.5 Å². The fourth-order valence-corrected chi connectivity index (χ4v) is 10.9. The molecule has 82 heavy (non-hydrogen) atoms. The predicted molar refractivity (Wildman–Crippen MR) is 358 cm³/mol. The van der Waals surface area contributed by atoms with Gasteiger partial charge in [-0.15, -0.1) is 0 Å². The van der Waals surface area contributed by atoms with Gasteiger partial charge in [-0.05, 0) is 70.6 Å². The third kappa shape index (κ3) is 67.9. The molecule has 0 spiro atoms. The molecule has 0 aromatic rings. The molecule has 1 atom stereocenters. The average Bonchev–Trinajstić information content (AvgIpc) is 3.48. The topological polar surface area (TPSA) is 78.9 Å². The van der Waals surface area contributed by atoms with Gasteiger partial charge in [-0.1, -0.05) is 358 Å². The lowest BCUT2D eigenvalue weighted by Crippen LogP contribution is -2.30. The number of unbranched alkanes of at least 4 members (excludes halogenated alkanes) is 46. The van der Waals surface area contributed by atoms with Crippen LogP contribution in [0, 0.1) is 0 Å². The van der Waals surface area contributed by atoms with Gasteiger partial charge in [0.2, 0.25) is 0 Å². The smallest absolute Gasteiger partial charge is 0.306 e. The van der Waals surface area contributed by atoms with Crippen LogP contribution < -0.4 is 0 Å². The summed E-state index contributed by atoms with van der Waals surface area (Å²) in [6.45, 7) is 6.53. The molecule has 6 heteroatoms. The van der Waals surface area contributed by atoms with Crippen LogP contribution in [-0.4, -0.2) is 37.2 Å². The van der Waals surface area contributed by atoms with Crippen LogP contribution in [0.4, 0.5) is 0 Å². The molecule has 0 amide bonds. The Labute approximate surface area is 510 Å². The van der Waals surface area contributed by atoms with Crippen LogP contribution in [0.5, 0.6) is 0 Å². The van der Waals surface area contributed by atoms with E-state index in [-0.39, 0.29) is 37.5 Å². The van der Waals surface area contributed by atoms with E-state index in [1.165, 1.54) is 276 Å². The van der Waals surface area contributed by atoms with Gasteiger partial charge in [0.1, 0.15) is 13.2 Å². The van der Waals surface area contributed by atoms with Crippen LogP contribution in [0.3, 0.4) is 0 Å². The van der Waals surface area contributed by atoms with E-state index in [0.717, 1.165) is 64.2 Å². The van der Waals surface area contributed by atoms with Crippen LogP contribution in [-0.2, 0) is 28.6 Å². The Balaban J connectivity index is 4.22. The van der Waals surface area contributed by atoms with E-state index in [1.54, 1.807) is 0 Å². The maximum Gasteiger partial charge on any atom is 0.306 e. The monoisotopic (exact) mass is 1150 g/mol. The molecule has 0 bridgehead atoms. The van der Waals surface area contributed by atoms with E-state index < -0.39 is 6.10 Å². The van der Waals surface area contributed by atoms with Crippen LogP contribution >= 0.6 is 0 Å². The van der Waals surface area contributed by atoms with Crippen LogP contribution in [0.2, 0.25) is 0 Å². The van der Waals surface area contributed by atoms with Crippen LogP contribution in [0.1, 0.15) is 387 Å². The highest BCUT2D eigenvalue weighted by Crippen LogP contribution is 2.19. The standard InChI is InChI=1S/C76H138O6/c1-4-7-10-13-16-19-22-25-27-29-31-33-35-36-37-38-39-40-41-43-44-46-48-51-54-57-60-63-66-69-75(78)81-72-73(71-80-74(77)68-65-62-59-56-53-50-24-21-18-15-12-9-6-3)82-76(79)70-67-64-61-58-55-52-49-47-45-42-34-32-30-28-26-23-20-17-14-11-8-5-2/h9,12,18,21,29,31,50,53,59,62,73H,4-8,10-11,13-17,19-20,22-28,30,32-49,51-52,54-58,60-61,63-72H2,1-3H3/b12-9-,21-18-,31-29-,53-50-,62-59-. The summed E-state index contributed by atoms with van der Waals surface area (Å²) >= 11 is 0. The summed E-state index contributed by atoms with van der Waals surface area (Å²) in [5.74, 6) is -0.951. The highest BCUT2D eigenvalue weighted by molar-refractivity contribution is 5.71. The van der Waals surface area contributed by atoms with Gasteiger partial charge in [0.15, 0.2) is 6.10 Å². The summed E-state index contributed by atoms with van der Waals surface area (Å²) in [4.78, 5) is 38.4. The summed E-state index contributed by atoms with van der Waals surface area (Å²) in [5.41, 5.74) is 0. The lowest BCUT2D eigenvalue weighted by atomic mass is 10.0. The van der Waals surface area contributed by atoms with Crippen molar-refractivity contribution in [1.29, 1.82) is 0 Å². The van der Waals surface area contributed by atoms with Crippen molar-refractivity contribution in [3.63, 3.8) is 0 Å². The number of carbonyl (C=O) groups is 3. The van der Waals surface area contributed by atoms with E-state index in [4.69, 9.17) is 14.2 Å². The molecule has 0 saturated carbocycles. The Kier molecular flexibility index (Phi) is 68.1. The Hall–Kier alpha value is -2.89. The predicted octanol–water partition coefficient (Wildman–Crippen LogP) is 25.1. The molecule has 0 aliphatic rings. The minimum Gasteiger partial charge on any atom is -0.462 e. The zero-order valence-electron chi connectivity index (χ0n) is 55.0. The van der Waals surface area contributed by atoms with Crippen molar-refractivity contribution in [1.82, 2.24) is 0 Å². The minimum atomic E-state index is -0.802. The molecule has 1 unspecified atom stereocenters. The number of hydrogen-bond donors (Lipinski definition) is 0. The van der Waals surface area contributed by atoms with Crippen LogP contribution in [0.25, 0.3) is 0 Å².